The van der Waals surface area contributed by atoms with Gasteiger partial charge in [-0.25, -0.2) is 9.67 Å². The number of nitrogens with zero attached hydrogens (tertiary/aromatic N) is 3. The van der Waals surface area contributed by atoms with Crippen molar-refractivity contribution in [3.05, 3.63) is 35.2 Å². The molecule has 1 aliphatic carbocycles. The van der Waals surface area contributed by atoms with Crippen molar-refractivity contribution in [3.8, 4) is 11.4 Å². The van der Waals surface area contributed by atoms with E-state index in [9.17, 15) is 4.79 Å². The molecule has 0 bridgehead atoms. The molecule has 7 heteroatoms. The van der Waals surface area contributed by atoms with E-state index in [0.29, 0.717) is 16.8 Å². The van der Waals surface area contributed by atoms with Crippen LogP contribution in [0.25, 0.3) is 22.3 Å². The second-order valence-electron chi connectivity index (χ2n) is 6.29. The van der Waals surface area contributed by atoms with Gasteiger partial charge in [0.15, 0.2) is 11.6 Å². The molecule has 3 aromatic rings. The molecular weight excluding hydrogens is 326 g/mol. The van der Waals surface area contributed by atoms with Crippen molar-refractivity contribution < 1.29 is 4.79 Å². The van der Waals surface area contributed by atoms with Gasteiger partial charge in [0.1, 0.15) is 6.54 Å². The molecule has 0 unspecified atom stereocenters. The Kier molecular flexibility index (Phi) is 3.76. The molecule has 2 aromatic heterocycles. The molecule has 1 amide bonds. The van der Waals surface area contributed by atoms with Gasteiger partial charge in [0.05, 0.1) is 0 Å². The number of nitrogens with two attached hydrogens (primary N) is 1. The number of nitrogens with one attached hydrogen (secondary N) is 1. The number of rotatable bonds is 4. The Balaban J connectivity index is 1.83. The average Bonchev–Trinajstić information content (AvgIpc) is 3.24. The Morgan fingerprint density at radius 1 is 1.38 bits per heavy atom. The number of hydrogen-bond donors (Lipinski definition) is 2. The predicted octanol–water partition coefficient (Wildman–Crippen LogP) is 3.22. The molecular formula is C17H18ClN5O. The van der Waals surface area contributed by atoms with Gasteiger partial charge in [-0.05, 0) is 25.0 Å². The highest BCUT2D eigenvalue weighted by molar-refractivity contribution is 6.31. The summed E-state index contributed by atoms with van der Waals surface area (Å²) >= 11 is 6.05. The van der Waals surface area contributed by atoms with E-state index in [-0.39, 0.29) is 6.54 Å². The van der Waals surface area contributed by atoms with Crippen LogP contribution in [0.5, 0.6) is 0 Å². The van der Waals surface area contributed by atoms with Crippen LogP contribution < -0.4 is 5.73 Å². The number of carbonyl (C=O) groups is 1. The second-order valence-corrected chi connectivity index (χ2v) is 6.73. The minimum absolute atomic E-state index is 0.0231. The zero-order chi connectivity index (χ0) is 16.7. The maximum atomic E-state index is 11.4. The first kappa shape index (κ1) is 15.2. The van der Waals surface area contributed by atoms with Crippen molar-refractivity contribution >= 4 is 28.4 Å². The summed E-state index contributed by atoms with van der Waals surface area (Å²) in [6, 6.07) is 5.66. The highest BCUT2D eigenvalue weighted by atomic mass is 35.5. The van der Waals surface area contributed by atoms with Crippen molar-refractivity contribution in [2.24, 2.45) is 5.73 Å². The lowest BCUT2D eigenvalue weighted by atomic mass is 10.1. The molecule has 2 heterocycles. The topological polar surface area (TPSA) is 89.6 Å². The molecule has 1 aromatic carbocycles. The Labute approximate surface area is 144 Å². The number of H-pyrrole nitrogens is 1. The molecule has 0 radical (unpaired) electrons. The van der Waals surface area contributed by atoms with Crippen molar-refractivity contribution in [2.75, 3.05) is 0 Å². The summed E-state index contributed by atoms with van der Waals surface area (Å²) in [6.07, 6.45) is 6.49. The van der Waals surface area contributed by atoms with E-state index in [2.05, 4.69) is 10.1 Å². The highest BCUT2D eigenvalue weighted by Gasteiger charge is 2.24. The van der Waals surface area contributed by atoms with Crippen molar-refractivity contribution in [3.63, 3.8) is 0 Å². The van der Waals surface area contributed by atoms with Crippen LogP contribution in [0.4, 0.5) is 0 Å². The van der Waals surface area contributed by atoms with E-state index in [4.69, 9.17) is 22.3 Å². The van der Waals surface area contributed by atoms with Crippen LogP contribution in [0.15, 0.2) is 24.4 Å². The summed E-state index contributed by atoms with van der Waals surface area (Å²) < 4.78 is 1.62. The van der Waals surface area contributed by atoms with Gasteiger partial charge in [-0.1, -0.05) is 30.5 Å². The highest BCUT2D eigenvalue weighted by Crippen LogP contribution is 2.35. The summed E-state index contributed by atoms with van der Waals surface area (Å²) in [7, 11) is 0. The number of benzene rings is 1. The van der Waals surface area contributed by atoms with Gasteiger partial charge in [-0.3, -0.25) is 4.79 Å². The summed E-state index contributed by atoms with van der Waals surface area (Å²) in [6.45, 7) is 0.0231. The molecule has 0 spiro atoms. The van der Waals surface area contributed by atoms with Crippen molar-refractivity contribution in [1.29, 1.82) is 0 Å². The quantitative estimate of drug-likeness (QED) is 0.762. The van der Waals surface area contributed by atoms with Gasteiger partial charge in [0.25, 0.3) is 0 Å². The molecule has 1 saturated carbocycles. The third-order valence-electron chi connectivity index (χ3n) is 4.60. The van der Waals surface area contributed by atoms with Gasteiger partial charge in [-0.2, -0.15) is 5.10 Å². The number of halogens is 1. The fraction of sp³-hybridized carbons (Fsp3) is 0.353. The van der Waals surface area contributed by atoms with Crippen LogP contribution >= 0.6 is 11.6 Å². The Morgan fingerprint density at radius 2 is 2.17 bits per heavy atom. The number of amides is 1. The normalized spacial score (nSPS) is 15.4. The Bertz CT molecular complexity index is 907. The molecule has 0 saturated heterocycles. The van der Waals surface area contributed by atoms with Crippen LogP contribution in [0.2, 0.25) is 5.02 Å². The van der Waals surface area contributed by atoms with E-state index in [1.807, 2.05) is 24.4 Å². The van der Waals surface area contributed by atoms with Crippen LogP contribution in [-0.4, -0.2) is 25.7 Å². The molecule has 1 aliphatic rings. The number of aromatic nitrogens is 4. The van der Waals surface area contributed by atoms with Gasteiger partial charge < -0.3 is 10.7 Å². The first-order valence-electron chi connectivity index (χ1n) is 8.12. The van der Waals surface area contributed by atoms with Crippen LogP contribution in [0.3, 0.4) is 0 Å². The maximum Gasteiger partial charge on any atom is 0.239 e. The molecule has 0 atom stereocenters. The number of primary amides is 1. The Morgan fingerprint density at radius 3 is 2.92 bits per heavy atom. The van der Waals surface area contributed by atoms with Gasteiger partial charge >= 0.3 is 0 Å². The van der Waals surface area contributed by atoms with E-state index in [0.717, 1.165) is 35.1 Å². The minimum atomic E-state index is -0.429. The van der Waals surface area contributed by atoms with Gasteiger partial charge in [0.2, 0.25) is 5.91 Å². The average molecular weight is 344 g/mol. The maximum absolute atomic E-state index is 11.4. The molecule has 124 valence electrons. The van der Waals surface area contributed by atoms with E-state index in [1.54, 1.807) is 4.68 Å². The zero-order valence-electron chi connectivity index (χ0n) is 13.1. The summed E-state index contributed by atoms with van der Waals surface area (Å²) in [4.78, 5) is 19.4. The monoisotopic (exact) mass is 343 g/mol. The van der Waals surface area contributed by atoms with Crippen molar-refractivity contribution in [1.82, 2.24) is 19.7 Å². The lowest BCUT2D eigenvalue weighted by Crippen LogP contribution is -2.20. The molecule has 0 aliphatic heterocycles. The van der Waals surface area contributed by atoms with E-state index >= 15 is 0 Å². The van der Waals surface area contributed by atoms with E-state index < -0.39 is 5.91 Å². The van der Waals surface area contributed by atoms with Crippen LogP contribution in [0, 0.1) is 0 Å². The lowest BCUT2D eigenvalue weighted by molar-refractivity contribution is -0.118. The molecule has 1 fully saturated rings. The van der Waals surface area contributed by atoms with Crippen LogP contribution in [-0.2, 0) is 11.3 Å². The van der Waals surface area contributed by atoms with E-state index in [1.165, 1.54) is 12.8 Å². The number of aromatic amines is 1. The summed E-state index contributed by atoms with van der Waals surface area (Å²) in [5.41, 5.74) is 7.22. The SMILES string of the molecule is NC(=O)Cn1nc(C2CCCC2)nc1-c1c[nH]c2cc(Cl)ccc12. The van der Waals surface area contributed by atoms with Crippen molar-refractivity contribution in [2.45, 2.75) is 38.1 Å². The third-order valence-corrected chi connectivity index (χ3v) is 4.83. The molecule has 4 rings (SSSR count). The first-order chi connectivity index (χ1) is 11.6. The molecule has 6 nitrogen and oxygen atoms in total. The largest absolute Gasteiger partial charge is 0.368 e. The number of hydrogen-bond acceptors (Lipinski definition) is 3. The zero-order valence-corrected chi connectivity index (χ0v) is 13.9. The standard InChI is InChI=1S/C17H18ClN5O/c18-11-5-6-12-13(8-20-14(12)7-11)17-21-16(10-3-1-2-4-10)22-23(17)9-15(19)24/h5-8,10,20H,1-4,9H2,(H2,19,24). The number of carbonyl (C=O) groups excluding carboxylic acids is 1. The molecule has 24 heavy (non-hydrogen) atoms. The third kappa shape index (κ3) is 2.67. The minimum Gasteiger partial charge on any atom is -0.368 e. The number of fused-ring (bicyclic) bond motifs is 1. The predicted molar refractivity (Wildman–Crippen MR) is 92.7 cm³/mol. The summed E-state index contributed by atoms with van der Waals surface area (Å²) in [5.74, 6) is 1.43. The van der Waals surface area contributed by atoms with Gasteiger partial charge in [0, 0.05) is 33.6 Å². The fourth-order valence-electron chi connectivity index (χ4n) is 3.46. The van der Waals surface area contributed by atoms with Gasteiger partial charge in [-0.15, -0.1) is 0 Å². The van der Waals surface area contributed by atoms with Crippen LogP contribution in [0.1, 0.15) is 37.4 Å². The fourth-order valence-corrected chi connectivity index (χ4v) is 3.63. The summed E-state index contributed by atoms with van der Waals surface area (Å²) in [5, 5.41) is 6.24. The first-order valence-corrected chi connectivity index (χ1v) is 8.49. The second kappa shape index (κ2) is 5.94. The molecule has 3 N–H and O–H groups in total. The smallest absolute Gasteiger partial charge is 0.239 e. The Hall–Kier alpha value is -2.34. The lowest BCUT2D eigenvalue weighted by Gasteiger charge is -2.02.